The third-order valence-corrected chi connectivity index (χ3v) is 5.11. The van der Waals surface area contributed by atoms with Crippen molar-refractivity contribution in [3.63, 3.8) is 0 Å². The minimum Gasteiger partial charge on any atom is -0.468 e. The first kappa shape index (κ1) is 15.6. The van der Waals surface area contributed by atoms with Crippen molar-refractivity contribution in [3.8, 4) is 0 Å². The number of ether oxygens (including phenoxy) is 2. The molecule has 0 saturated heterocycles. The quantitative estimate of drug-likeness (QED) is 0.572. The summed E-state index contributed by atoms with van der Waals surface area (Å²) in [4.78, 5) is 41.8. The topological polar surface area (TPSA) is 118 Å². The third kappa shape index (κ3) is 2.05. The number of pyridine rings is 1. The zero-order chi connectivity index (χ0) is 17.7. The van der Waals surface area contributed by atoms with Gasteiger partial charge in [0.2, 0.25) is 10.8 Å². The van der Waals surface area contributed by atoms with Crippen LogP contribution in [0, 0.1) is 0 Å². The monoisotopic (exact) mass is 361 g/mol. The lowest BCUT2D eigenvalue weighted by Gasteiger charge is -2.29. The van der Waals surface area contributed by atoms with Crippen molar-refractivity contribution in [3.05, 3.63) is 28.7 Å². The Balaban J connectivity index is 2.13. The van der Waals surface area contributed by atoms with E-state index in [0.717, 1.165) is 16.4 Å². The highest BCUT2D eigenvalue weighted by Crippen LogP contribution is 2.36. The minimum atomic E-state index is -1.22. The van der Waals surface area contributed by atoms with Crippen molar-refractivity contribution < 1.29 is 19.1 Å². The Morgan fingerprint density at radius 1 is 1.20 bits per heavy atom. The summed E-state index contributed by atoms with van der Waals surface area (Å²) in [5, 5.41) is 7.61. The van der Waals surface area contributed by atoms with Crippen LogP contribution >= 0.6 is 11.8 Å². The van der Waals surface area contributed by atoms with Crippen LogP contribution in [-0.4, -0.2) is 55.8 Å². The van der Waals surface area contributed by atoms with Crippen molar-refractivity contribution in [1.82, 2.24) is 24.4 Å². The molecule has 3 aromatic heterocycles. The number of hydrogen-bond acceptors (Lipinski definition) is 9. The van der Waals surface area contributed by atoms with E-state index in [2.05, 4.69) is 15.2 Å². The van der Waals surface area contributed by atoms with Gasteiger partial charge in [-0.1, -0.05) is 11.8 Å². The third-order valence-electron chi connectivity index (χ3n) is 3.94. The molecule has 4 heterocycles. The van der Waals surface area contributed by atoms with Crippen LogP contribution in [0.1, 0.15) is 6.04 Å². The summed E-state index contributed by atoms with van der Waals surface area (Å²) in [6, 6.07) is 1.96. The molecule has 0 radical (unpaired) electrons. The summed E-state index contributed by atoms with van der Waals surface area (Å²) in [5.74, 6) is -1.41. The average molecular weight is 361 g/mol. The largest absolute Gasteiger partial charge is 0.468 e. The maximum absolute atomic E-state index is 13.0. The average Bonchev–Trinajstić information content (AvgIpc) is 3.08. The van der Waals surface area contributed by atoms with Crippen LogP contribution in [0.5, 0.6) is 0 Å². The van der Waals surface area contributed by atoms with Crippen LogP contribution in [0.2, 0.25) is 0 Å². The number of thioether (sulfide) groups is 1. The van der Waals surface area contributed by atoms with E-state index in [1.807, 2.05) is 0 Å². The first-order valence-corrected chi connectivity index (χ1v) is 8.03. The predicted octanol–water partition coefficient (Wildman–Crippen LogP) is -0.199. The number of methoxy groups -OCH3 is 2. The van der Waals surface area contributed by atoms with Gasteiger partial charge in [0.1, 0.15) is 10.8 Å². The first-order valence-electron chi connectivity index (χ1n) is 7.15. The molecule has 0 aliphatic carbocycles. The number of aromatic nitrogens is 5. The predicted molar refractivity (Wildman–Crippen MR) is 85.3 cm³/mol. The molecule has 11 heteroatoms. The number of hydrogen-bond donors (Lipinski definition) is 0. The number of nitrogens with zero attached hydrogens (tertiary/aromatic N) is 5. The van der Waals surface area contributed by atoms with Crippen LogP contribution < -0.4 is 5.56 Å². The summed E-state index contributed by atoms with van der Waals surface area (Å²) in [6.45, 7) is 0. The lowest BCUT2D eigenvalue weighted by molar-refractivity contribution is -0.151. The molecule has 0 saturated carbocycles. The van der Waals surface area contributed by atoms with Gasteiger partial charge < -0.3 is 9.47 Å². The number of rotatable bonds is 2. The summed E-state index contributed by atoms with van der Waals surface area (Å²) >= 11 is 0.984. The van der Waals surface area contributed by atoms with Gasteiger partial charge in [0, 0.05) is 6.20 Å². The second-order valence-corrected chi connectivity index (χ2v) is 6.31. The zero-order valence-corrected chi connectivity index (χ0v) is 13.9. The summed E-state index contributed by atoms with van der Waals surface area (Å²) in [6.07, 6.45) is 1.54. The molecule has 10 nitrogen and oxygen atoms in total. The molecule has 0 spiro atoms. The van der Waals surface area contributed by atoms with E-state index in [4.69, 9.17) is 9.47 Å². The lowest BCUT2D eigenvalue weighted by Crippen LogP contribution is -2.46. The van der Waals surface area contributed by atoms with Crippen molar-refractivity contribution in [1.29, 1.82) is 0 Å². The Kier molecular flexibility index (Phi) is 3.46. The Hall–Kier alpha value is -2.95. The van der Waals surface area contributed by atoms with E-state index in [9.17, 15) is 14.4 Å². The first-order chi connectivity index (χ1) is 12.1. The van der Waals surface area contributed by atoms with Crippen LogP contribution in [-0.2, 0) is 19.1 Å². The van der Waals surface area contributed by atoms with Crippen LogP contribution in [0.15, 0.2) is 28.3 Å². The Morgan fingerprint density at radius 3 is 2.68 bits per heavy atom. The van der Waals surface area contributed by atoms with Gasteiger partial charge in [-0.05, 0) is 12.1 Å². The molecule has 128 valence electrons. The van der Waals surface area contributed by atoms with Gasteiger partial charge in [-0.15, -0.1) is 10.2 Å². The van der Waals surface area contributed by atoms with Crippen LogP contribution in [0.3, 0.4) is 0 Å². The molecule has 0 N–H and O–H groups in total. The highest BCUT2D eigenvalue weighted by Gasteiger charge is 2.44. The zero-order valence-electron chi connectivity index (χ0n) is 13.1. The summed E-state index contributed by atoms with van der Waals surface area (Å²) in [5.41, 5.74) is 0.180. The van der Waals surface area contributed by atoms with E-state index in [0.29, 0.717) is 11.2 Å². The van der Waals surface area contributed by atoms with E-state index in [1.54, 1.807) is 12.1 Å². The molecule has 3 aromatic rings. The molecule has 0 fully saturated rings. The summed E-state index contributed by atoms with van der Waals surface area (Å²) < 4.78 is 12.1. The standard InChI is InChI=1S/C14H11N5O5S/c1-23-12(21)8-9(13(22)24-2)25-14-17-16-10-7-6(4-3-5-15-7)11(20)18(8)19(10)14/h3-5,8-9H,1-2H3/t8-,9-/m1/s1. The van der Waals surface area contributed by atoms with E-state index < -0.39 is 28.8 Å². The fourth-order valence-corrected chi connectivity index (χ4v) is 3.98. The minimum absolute atomic E-state index is 0.262. The number of esters is 2. The fraction of sp³-hybridized carbons (Fsp3) is 0.286. The molecule has 0 amide bonds. The van der Waals surface area contributed by atoms with E-state index >= 15 is 0 Å². The lowest BCUT2D eigenvalue weighted by atomic mass is 10.2. The molecular weight excluding hydrogens is 350 g/mol. The SMILES string of the molecule is COC(=O)[C@@H]1Sc2nnc3c4ncccc4c(=O)n(n23)[C@H]1C(=O)OC. The number of carbonyl (C=O) groups excluding carboxylic acids is 2. The van der Waals surface area contributed by atoms with Gasteiger partial charge in [-0.3, -0.25) is 14.6 Å². The molecule has 25 heavy (non-hydrogen) atoms. The maximum atomic E-state index is 13.0. The smallest absolute Gasteiger partial charge is 0.332 e. The molecule has 0 aromatic carbocycles. The highest BCUT2D eigenvalue weighted by atomic mass is 32.2. The van der Waals surface area contributed by atoms with Crippen molar-refractivity contribution in [2.45, 2.75) is 16.4 Å². The van der Waals surface area contributed by atoms with Gasteiger partial charge in [0.05, 0.1) is 19.6 Å². The molecule has 0 bridgehead atoms. The molecule has 0 unspecified atom stereocenters. The second-order valence-electron chi connectivity index (χ2n) is 5.20. The Bertz CT molecular complexity index is 1090. The Morgan fingerprint density at radius 2 is 1.96 bits per heavy atom. The molecular formula is C14H11N5O5S. The molecule has 2 atom stereocenters. The Labute approximate surface area is 143 Å². The van der Waals surface area contributed by atoms with Crippen molar-refractivity contribution in [2.24, 2.45) is 0 Å². The highest BCUT2D eigenvalue weighted by molar-refractivity contribution is 8.00. The molecule has 1 aliphatic rings. The fourth-order valence-electron chi connectivity index (χ4n) is 2.85. The number of carbonyl (C=O) groups is 2. The van der Waals surface area contributed by atoms with Gasteiger partial charge in [0.25, 0.3) is 5.56 Å². The van der Waals surface area contributed by atoms with Crippen molar-refractivity contribution in [2.75, 3.05) is 14.2 Å². The molecule has 4 rings (SSSR count). The van der Waals surface area contributed by atoms with Crippen LogP contribution in [0.4, 0.5) is 0 Å². The van der Waals surface area contributed by atoms with Crippen molar-refractivity contribution >= 4 is 40.3 Å². The van der Waals surface area contributed by atoms with Gasteiger partial charge in [0.15, 0.2) is 6.04 Å². The van der Waals surface area contributed by atoms with Gasteiger partial charge in [-0.25, -0.2) is 14.0 Å². The maximum Gasteiger partial charge on any atom is 0.332 e. The molecule has 1 aliphatic heterocycles. The normalized spacial score (nSPS) is 19.1. The van der Waals surface area contributed by atoms with E-state index in [-0.39, 0.29) is 10.5 Å². The van der Waals surface area contributed by atoms with Crippen LogP contribution in [0.25, 0.3) is 16.6 Å². The van der Waals surface area contributed by atoms with Gasteiger partial charge >= 0.3 is 11.9 Å². The summed E-state index contributed by atoms with van der Waals surface area (Å²) in [7, 11) is 2.40. The van der Waals surface area contributed by atoms with Gasteiger partial charge in [-0.2, -0.15) is 0 Å². The van der Waals surface area contributed by atoms with E-state index in [1.165, 1.54) is 24.9 Å². The second kappa shape index (κ2) is 5.55. The number of fused-ring (bicyclic) bond motifs is 2.